The van der Waals surface area contributed by atoms with E-state index in [1.54, 1.807) is 0 Å². The molecule has 0 bridgehead atoms. The molecule has 6 rings (SSSR count). The number of unbranched alkanes of at least 4 members (excludes halogenated alkanes) is 1. The van der Waals surface area contributed by atoms with Gasteiger partial charge in [-0.3, -0.25) is 19.1 Å². The van der Waals surface area contributed by atoms with Crippen molar-refractivity contribution in [2.45, 2.75) is 108 Å². The molecule has 12 nitrogen and oxygen atoms in total. The summed E-state index contributed by atoms with van der Waals surface area (Å²) in [4.78, 5) is 56.1. The van der Waals surface area contributed by atoms with E-state index in [1.807, 2.05) is 45.0 Å². The summed E-state index contributed by atoms with van der Waals surface area (Å²) in [7, 11) is -2.30. The van der Waals surface area contributed by atoms with E-state index in [0.717, 1.165) is 36.8 Å². The highest BCUT2D eigenvalue weighted by Gasteiger charge is 2.67. The molecular formula is C39H52N4O8S. The molecule has 2 aromatic carbocycles. The van der Waals surface area contributed by atoms with E-state index in [4.69, 9.17) is 9.47 Å². The fraction of sp³-hybridized carbons (Fsp3) is 0.590. The van der Waals surface area contributed by atoms with Crippen LogP contribution in [0.15, 0.2) is 54.6 Å². The summed E-state index contributed by atoms with van der Waals surface area (Å²) in [5.74, 6) is -1.63. The molecule has 4 fully saturated rings. The molecule has 0 aromatic heterocycles. The molecule has 4 aliphatic rings. The summed E-state index contributed by atoms with van der Waals surface area (Å²) in [6, 6.07) is 16.6. The third kappa shape index (κ3) is 8.79. The number of rotatable bonds is 15. The summed E-state index contributed by atoms with van der Waals surface area (Å²) in [5, 5.41) is 5.07. The topological polar surface area (TPSA) is 160 Å². The van der Waals surface area contributed by atoms with E-state index in [0.29, 0.717) is 25.7 Å². The molecule has 3 saturated carbocycles. The van der Waals surface area contributed by atoms with E-state index in [-0.39, 0.29) is 31.4 Å². The number of nitrogens with one attached hydrogen (secondary N) is 3. The number of amides is 4. The van der Waals surface area contributed by atoms with Gasteiger partial charge in [0.2, 0.25) is 21.8 Å². The first-order chi connectivity index (χ1) is 24.7. The van der Waals surface area contributed by atoms with E-state index in [1.165, 1.54) is 17.6 Å². The largest absolute Gasteiger partial charge is 0.450 e. The van der Waals surface area contributed by atoms with Gasteiger partial charge in [0.05, 0.1) is 18.0 Å². The molecule has 3 N–H and O–H groups in total. The first-order valence-electron chi connectivity index (χ1n) is 18.5. The summed E-state index contributed by atoms with van der Waals surface area (Å²) in [6.07, 6.45) is 4.50. The van der Waals surface area contributed by atoms with Crippen LogP contribution >= 0.6 is 0 Å². The summed E-state index contributed by atoms with van der Waals surface area (Å²) in [6.45, 7) is 5.76. The van der Waals surface area contributed by atoms with Gasteiger partial charge in [0.1, 0.15) is 17.6 Å². The molecule has 0 spiro atoms. The maximum atomic E-state index is 14.2. The van der Waals surface area contributed by atoms with Crippen LogP contribution in [0.2, 0.25) is 0 Å². The molecule has 282 valence electrons. The highest BCUT2D eigenvalue weighted by molar-refractivity contribution is 7.91. The SMILES string of the molecule is CO[C@H]1C[C@@H](C(=O)N[C@]2(C(=O)NS(=O)(=O)C3CC3)C[C@H]2C2CC2)N(C(=O)[C@@H](NC(=O)OCCCCc2cccc(-c3ccccc3)c2)C(C)(C)C)C1. The molecule has 0 radical (unpaired) electrons. The van der Waals surface area contributed by atoms with Crippen LogP contribution in [0.25, 0.3) is 11.1 Å². The smallest absolute Gasteiger partial charge is 0.407 e. The zero-order valence-corrected chi connectivity index (χ0v) is 31.4. The second-order valence-corrected chi connectivity index (χ2v) is 17.9. The lowest BCUT2D eigenvalue weighted by Crippen LogP contribution is -2.60. The second kappa shape index (κ2) is 15.2. The standard InChI is InChI=1S/C39H52N4O8S/c1-38(2,3)33(40-37(47)51-20-9-8-11-25-12-10-15-28(21-25)26-13-6-5-7-14-26)35(45)43-24-29(50-4)22-32(43)34(44)41-39(23-31(39)27-16-17-27)36(46)42-52(48,49)30-18-19-30/h5-7,10,12-15,21,27,29-33H,8-9,11,16-20,22-24H2,1-4H3,(H,40,47)(H,41,44)(H,42,46)/t29-,31-,32-,33+,39+/m0/s1. The van der Waals surface area contributed by atoms with Gasteiger partial charge < -0.3 is 25.0 Å². The van der Waals surface area contributed by atoms with Crippen molar-refractivity contribution >= 4 is 33.8 Å². The summed E-state index contributed by atoms with van der Waals surface area (Å²) in [5.41, 5.74) is 1.43. The lowest BCUT2D eigenvalue weighted by Gasteiger charge is -2.35. The summed E-state index contributed by atoms with van der Waals surface area (Å²) >= 11 is 0. The van der Waals surface area contributed by atoms with Crippen LogP contribution in [0.4, 0.5) is 4.79 Å². The molecule has 4 amide bonds. The third-order valence-electron chi connectivity index (χ3n) is 10.8. The Hall–Kier alpha value is -3.97. The predicted molar refractivity (Wildman–Crippen MR) is 195 cm³/mol. The highest BCUT2D eigenvalue weighted by atomic mass is 32.2. The lowest BCUT2D eigenvalue weighted by molar-refractivity contribution is -0.143. The van der Waals surface area contributed by atoms with Crippen LogP contribution < -0.4 is 15.4 Å². The van der Waals surface area contributed by atoms with Crippen molar-refractivity contribution < 1.29 is 37.1 Å². The molecule has 0 unspecified atom stereocenters. The molecular weight excluding hydrogens is 685 g/mol. The van der Waals surface area contributed by atoms with E-state index >= 15 is 0 Å². The molecule has 3 aliphatic carbocycles. The quantitative estimate of drug-likeness (QED) is 0.228. The van der Waals surface area contributed by atoms with Gasteiger partial charge in [-0.25, -0.2) is 13.2 Å². The third-order valence-corrected chi connectivity index (χ3v) is 12.7. The number of nitrogens with zero attached hydrogens (tertiary/aromatic N) is 1. The summed E-state index contributed by atoms with van der Waals surface area (Å²) < 4.78 is 38.6. The Labute approximate surface area is 306 Å². The highest BCUT2D eigenvalue weighted by Crippen LogP contribution is 2.57. The van der Waals surface area contributed by atoms with Crippen molar-refractivity contribution in [3.63, 3.8) is 0 Å². The van der Waals surface area contributed by atoms with Gasteiger partial charge in [-0.2, -0.15) is 0 Å². The molecule has 13 heteroatoms. The Morgan fingerprint density at radius 1 is 0.962 bits per heavy atom. The van der Waals surface area contributed by atoms with Gasteiger partial charge in [-0.1, -0.05) is 75.4 Å². The maximum absolute atomic E-state index is 14.2. The van der Waals surface area contributed by atoms with Crippen molar-refractivity contribution in [3.05, 3.63) is 60.2 Å². The Balaban J connectivity index is 1.05. The van der Waals surface area contributed by atoms with Crippen LogP contribution in [0.3, 0.4) is 0 Å². The monoisotopic (exact) mass is 736 g/mol. The van der Waals surface area contributed by atoms with Crippen LogP contribution in [0.5, 0.6) is 0 Å². The maximum Gasteiger partial charge on any atom is 0.407 e. The number of hydrogen-bond donors (Lipinski definition) is 3. The van der Waals surface area contributed by atoms with Crippen LogP contribution in [0.1, 0.15) is 77.7 Å². The molecule has 2 aromatic rings. The van der Waals surface area contributed by atoms with Crippen molar-refractivity contribution in [2.75, 3.05) is 20.3 Å². The zero-order valence-electron chi connectivity index (χ0n) is 30.6. The van der Waals surface area contributed by atoms with Crippen molar-refractivity contribution in [1.29, 1.82) is 0 Å². The predicted octanol–water partition coefficient (Wildman–Crippen LogP) is 4.33. The number of benzene rings is 2. The number of carbonyl (C=O) groups is 4. The van der Waals surface area contributed by atoms with E-state index in [9.17, 15) is 27.6 Å². The lowest BCUT2D eigenvalue weighted by atomic mass is 9.85. The number of sulfonamides is 1. The number of ether oxygens (including phenoxy) is 2. The van der Waals surface area contributed by atoms with Crippen molar-refractivity contribution in [2.24, 2.45) is 17.3 Å². The van der Waals surface area contributed by atoms with Gasteiger partial charge in [-0.05, 0) is 85.3 Å². The van der Waals surface area contributed by atoms with E-state index in [2.05, 4.69) is 45.7 Å². The Bertz CT molecular complexity index is 1750. The molecule has 5 atom stereocenters. The molecule has 1 aliphatic heterocycles. The number of alkyl carbamates (subject to hydrolysis) is 1. The van der Waals surface area contributed by atoms with Crippen molar-refractivity contribution in [3.8, 4) is 11.1 Å². The van der Waals surface area contributed by atoms with Gasteiger partial charge in [0.25, 0.3) is 5.91 Å². The normalized spacial score (nSPS) is 24.8. The number of carbonyl (C=O) groups excluding carboxylic acids is 4. The number of methoxy groups -OCH3 is 1. The number of aryl methyl sites for hydroxylation is 1. The zero-order chi connectivity index (χ0) is 37.3. The van der Waals surface area contributed by atoms with Gasteiger partial charge in [-0.15, -0.1) is 0 Å². The van der Waals surface area contributed by atoms with Gasteiger partial charge in [0.15, 0.2) is 0 Å². The average Bonchev–Trinajstić information content (AvgIpc) is 3.99. The average molecular weight is 737 g/mol. The first kappa shape index (κ1) is 37.8. The molecule has 1 saturated heterocycles. The van der Waals surface area contributed by atoms with Crippen molar-refractivity contribution in [1.82, 2.24) is 20.3 Å². The first-order valence-corrected chi connectivity index (χ1v) is 20.1. The Morgan fingerprint density at radius 3 is 2.33 bits per heavy atom. The van der Waals surface area contributed by atoms with Crippen LogP contribution in [0, 0.1) is 17.3 Å². The van der Waals surface area contributed by atoms with E-state index < -0.39 is 68.2 Å². The molecule has 1 heterocycles. The Morgan fingerprint density at radius 2 is 1.67 bits per heavy atom. The van der Waals surface area contributed by atoms with Gasteiger partial charge in [0, 0.05) is 20.1 Å². The van der Waals surface area contributed by atoms with Crippen LogP contribution in [-0.4, -0.2) is 86.4 Å². The number of hydrogen-bond acceptors (Lipinski definition) is 8. The van der Waals surface area contributed by atoms with Crippen LogP contribution in [-0.2, 0) is 40.3 Å². The fourth-order valence-corrected chi connectivity index (χ4v) is 8.73. The molecule has 52 heavy (non-hydrogen) atoms. The Kier molecular flexibility index (Phi) is 11.0. The minimum Gasteiger partial charge on any atom is -0.450 e. The minimum atomic E-state index is -3.81. The van der Waals surface area contributed by atoms with Gasteiger partial charge >= 0.3 is 6.09 Å². The number of likely N-dealkylation sites (tertiary alicyclic amines) is 1. The second-order valence-electron chi connectivity index (χ2n) is 16.0. The minimum absolute atomic E-state index is 0.115. The fourth-order valence-electron chi connectivity index (χ4n) is 7.37.